The number of nitrogen functional groups attached to an aromatic ring is 1. The highest BCUT2D eigenvalue weighted by molar-refractivity contribution is 5.80. The van der Waals surface area contributed by atoms with Crippen LogP contribution < -0.4 is 10.5 Å². The minimum absolute atomic E-state index is 0.147. The highest BCUT2D eigenvalue weighted by atomic mass is 19.1. The summed E-state index contributed by atoms with van der Waals surface area (Å²) in [5, 5.41) is 0. The zero-order valence-corrected chi connectivity index (χ0v) is 10.8. The van der Waals surface area contributed by atoms with Crippen molar-refractivity contribution >= 4 is 16.9 Å². The van der Waals surface area contributed by atoms with Gasteiger partial charge in [0.1, 0.15) is 11.6 Å². The number of halogens is 1. The average molecular weight is 269 g/mol. The van der Waals surface area contributed by atoms with Crippen LogP contribution in [0.1, 0.15) is 5.56 Å². The summed E-state index contributed by atoms with van der Waals surface area (Å²) in [6.45, 7) is 1.91. The van der Waals surface area contributed by atoms with E-state index in [9.17, 15) is 4.39 Å². The van der Waals surface area contributed by atoms with Gasteiger partial charge in [-0.25, -0.2) is 9.37 Å². The quantitative estimate of drug-likeness (QED) is 0.774. The molecule has 0 bridgehead atoms. The third-order valence-corrected chi connectivity index (χ3v) is 2.89. The summed E-state index contributed by atoms with van der Waals surface area (Å²) in [5.74, 6) is 0.554. The van der Waals surface area contributed by atoms with E-state index in [2.05, 4.69) is 9.97 Å². The maximum atomic E-state index is 13.5. The third kappa shape index (κ3) is 2.25. The predicted octanol–water partition coefficient (Wildman–Crippen LogP) is 3.45. The van der Waals surface area contributed by atoms with E-state index in [0.29, 0.717) is 17.1 Å². The number of aromatic nitrogens is 2. The van der Waals surface area contributed by atoms with Gasteiger partial charge < -0.3 is 10.5 Å². The van der Waals surface area contributed by atoms with Crippen molar-refractivity contribution in [1.29, 1.82) is 0 Å². The monoisotopic (exact) mass is 269 g/mol. The molecule has 100 valence electrons. The number of pyridine rings is 2. The third-order valence-electron chi connectivity index (χ3n) is 2.89. The number of ether oxygens (including phenoxy) is 1. The molecule has 0 saturated carbocycles. The first-order valence-electron chi connectivity index (χ1n) is 6.09. The molecular formula is C15H12FN3O. The molecule has 0 atom stereocenters. The van der Waals surface area contributed by atoms with E-state index < -0.39 is 5.82 Å². The molecule has 0 amide bonds. The van der Waals surface area contributed by atoms with Crippen LogP contribution >= 0.6 is 0 Å². The van der Waals surface area contributed by atoms with E-state index in [1.165, 1.54) is 6.07 Å². The van der Waals surface area contributed by atoms with Gasteiger partial charge in [0.15, 0.2) is 11.6 Å². The Bertz CT molecular complexity index is 789. The summed E-state index contributed by atoms with van der Waals surface area (Å²) in [6, 6.07) is 9.65. The summed E-state index contributed by atoms with van der Waals surface area (Å²) in [7, 11) is 0. The van der Waals surface area contributed by atoms with Crippen LogP contribution in [0.15, 0.2) is 42.6 Å². The van der Waals surface area contributed by atoms with Gasteiger partial charge in [-0.15, -0.1) is 0 Å². The van der Waals surface area contributed by atoms with Crippen molar-refractivity contribution in [3.05, 3.63) is 54.0 Å². The Morgan fingerprint density at radius 1 is 1.20 bits per heavy atom. The maximum absolute atomic E-state index is 13.5. The Morgan fingerprint density at radius 2 is 2.00 bits per heavy atom. The topological polar surface area (TPSA) is 61.0 Å². The lowest BCUT2D eigenvalue weighted by molar-refractivity contribution is 0.441. The molecule has 3 aromatic rings. The molecule has 0 saturated heterocycles. The lowest BCUT2D eigenvalue weighted by atomic mass is 10.2. The normalized spacial score (nSPS) is 10.7. The zero-order chi connectivity index (χ0) is 14.1. The van der Waals surface area contributed by atoms with E-state index in [1.807, 2.05) is 6.92 Å². The molecule has 0 unspecified atom stereocenters. The number of rotatable bonds is 2. The van der Waals surface area contributed by atoms with Crippen molar-refractivity contribution in [2.75, 3.05) is 5.73 Å². The smallest absolute Gasteiger partial charge is 0.165 e. The van der Waals surface area contributed by atoms with Crippen LogP contribution in [0.4, 0.5) is 10.2 Å². The van der Waals surface area contributed by atoms with Crippen molar-refractivity contribution in [2.24, 2.45) is 0 Å². The minimum Gasteiger partial charge on any atom is -0.453 e. The van der Waals surface area contributed by atoms with Crippen LogP contribution in [0.3, 0.4) is 0 Å². The molecule has 0 spiro atoms. The Hall–Kier alpha value is -2.69. The van der Waals surface area contributed by atoms with Gasteiger partial charge in [-0.2, -0.15) is 0 Å². The van der Waals surface area contributed by atoms with Crippen molar-refractivity contribution < 1.29 is 9.13 Å². The van der Waals surface area contributed by atoms with E-state index in [4.69, 9.17) is 10.5 Å². The van der Waals surface area contributed by atoms with Gasteiger partial charge in [0, 0.05) is 6.07 Å². The first-order chi connectivity index (χ1) is 9.63. The van der Waals surface area contributed by atoms with E-state index in [-0.39, 0.29) is 5.75 Å². The summed E-state index contributed by atoms with van der Waals surface area (Å²) in [4.78, 5) is 8.48. The van der Waals surface area contributed by atoms with E-state index in [1.54, 1.807) is 36.5 Å². The Kier molecular flexibility index (Phi) is 2.95. The molecule has 4 nitrogen and oxygen atoms in total. The van der Waals surface area contributed by atoms with Gasteiger partial charge in [0.25, 0.3) is 0 Å². The summed E-state index contributed by atoms with van der Waals surface area (Å²) in [5.41, 5.74) is 8.02. The number of benzene rings is 1. The number of nitrogens with zero attached hydrogens (tertiary/aromatic N) is 2. The van der Waals surface area contributed by atoms with E-state index >= 15 is 0 Å². The molecule has 0 aliphatic heterocycles. The molecule has 20 heavy (non-hydrogen) atoms. The number of anilines is 1. The molecule has 0 fully saturated rings. The number of fused-ring (bicyclic) bond motifs is 1. The van der Waals surface area contributed by atoms with Gasteiger partial charge in [0.05, 0.1) is 17.2 Å². The molecule has 2 heterocycles. The molecule has 1 aromatic carbocycles. The van der Waals surface area contributed by atoms with Crippen LogP contribution in [0, 0.1) is 12.7 Å². The lowest BCUT2D eigenvalue weighted by Crippen LogP contribution is -1.95. The second-order valence-corrected chi connectivity index (χ2v) is 4.44. The number of nitrogens with two attached hydrogens (primary N) is 1. The Labute approximate surface area is 115 Å². The van der Waals surface area contributed by atoms with Crippen molar-refractivity contribution in [3.63, 3.8) is 0 Å². The van der Waals surface area contributed by atoms with Crippen molar-refractivity contribution in [3.8, 4) is 11.5 Å². The van der Waals surface area contributed by atoms with Crippen molar-refractivity contribution in [1.82, 2.24) is 9.97 Å². The minimum atomic E-state index is -0.427. The fourth-order valence-electron chi connectivity index (χ4n) is 2.00. The fraction of sp³-hybridized carbons (Fsp3) is 0.0667. The number of hydrogen-bond donors (Lipinski definition) is 1. The summed E-state index contributed by atoms with van der Waals surface area (Å²) >= 11 is 0. The number of aryl methyl sites for hydroxylation is 1. The highest BCUT2D eigenvalue weighted by Crippen LogP contribution is 2.26. The SMILES string of the molecule is Cc1cc(N)nc2cc(Oc3ccccc3F)cnc12. The summed E-state index contributed by atoms with van der Waals surface area (Å²) in [6.07, 6.45) is 1.54. The molecule has 0 radical (unpaired) electrons. The Morgan fingerprint density at radius 3 is 2.80 bits per heavy atom. The molecule has 2 N–H and O–H groups in total. The molecule has 2 aromatic heterocycles. The second-order valence-electron chi connectivity index (χ2n) is 4.44. The number of hydrogen-bond acceptors (Lipinski definition) is 4. The fourth-order valence-corrected chi connectivity index (χ4v) is 2.00. The van der Waals surface area contributed by atoms with Crippen LogP contribution in [0.25, 0.3) is 11.0 Å². The van der Waals surface area contributed by atoms with Gasteiger partial charge in [-0.05, 0) is 30.7 Å². The first-order valence-corrected chi connectivity index (χ1v) is 6.09. The largest absolute Gasteiger partial charge is 0.453 e. The van der Waals surface area contributed by atoms with Gasteiger partial charge >= 0.3 is 0 Å². The standard InChI is InChI=1S/C15H12FN3O/c1-9-6-14(17)19-12-7-10(8-18-15(9)12)20-13-5-3-2-4-11(13)16/h2-8H,1H3,(H2,17,19). The van der Waals surface area contributed by atoms with Crippen LogP contribution in [-0.4, -0.2) is 9.97 Å². The van der Waals surface area contributed by atoms with Crippen LogP contribution in [0.5, 0.6) is 11.5 Å². The van der Waals surface area contributed by atoms with Gasteiger partial charge in [0.2, 0.25) is 0 Å². The van der Waals surface area contributed by atoms with E-state index in [0.717, 1.165) is 11.1 Å². The molecular weight excluding hydrogens is 257 g/mol. The average Bonchev–Trinajstić information content (AvgIpc) is 2.41. The molecule has 0 aliphatic rings. The maximum Gasteiger partial charge on any atom is 0.165 e. The van der Waals surface area contributed by atoms with Gasteiger partial charge in [-0.3, -0.25) is 4.98 Å². The highest BCUT2D eigenvalue weighted by Gasteiger charge is 2.07. The van der Waals surface area contributed by atoms with Crippen LogP contribution in [-0.2, 0) is 0 Å². The predicted molar refractivity (Wildman–Crippen MR) is 75.2 cm³/mol. The zero-order valence-electron chi connectivity index (χ0n) is 10.8. The summed E-state index contributed by atoms with van der Waals surface area (Å²) < 4.78 is 19.0. The Balaban J connectivity index is 2.03. The number of para-hydroxylation sites is 1. The van der Waals surface area contributed by atoms with Gasteiger partial charge in [-0.1, -0.05) is 12.1 Å². The van der Waals surface area contributed by atoms with Crippen molar-refractivity contribution in [2.45, 2.75) is 6.92 Å². The molecule has 3 rings (SSSR count). The second kappa shape index (κ2) is 4.77. The molecule has 5 heteroatoms. The van der Waals surface area contributed by atoms with Crippen LogP contribution in [0.2, 0.25) is 0 Å². The lowest BCUT2D eigenvalue weighted by Gasteiger charge is -2.08. The molecule has 0 aliphatic carbocycles. The first kappa shape index (κ1) is 12.3.